The van der Waals surface area contributed by atoms with Crippen LogP contribution in [0, 0.1) is 12.8 Å². The third-order valence-corrected chi connectivity index (χ3v) is 4.22. The lowest BCUT2D eigenvalue weighted by Crippen LogP contribution is -2.39. The molecule has 0 spiro atoms. The largest absolute Gasteiger partial charge is 0.435 e. The number of benzene rings is 1. The van der Waals surface area contributed by atoms with Gasteiger partial charge >= 0.3 is 0 Å². The van der Waals surface area contributed by atoms with E-state index in [1.807, 2.05) is 25.1 Å². The van der Waals surface area contributed by atoms with Crippen molar-refractivity contribution in [1.29, 1.82) is 0 Å². The topological polar surface area (TPSA) is 90.0 Å². The molecule has 0 saturated heterocycles. The van der Waals surface area contributed by atoms with E-state index in [9.17, 15) is 9.59 Å². The van der Waals surface area contributed by atoms with Gasteiger partial charge in [-0.3, -0.25) is 9.59 Å². The third-order valence-electron chi connectivity index (χ3n) is 4.22. The van der Waals surface area contributed by atoms with Crippen molar-refractivity contribution in [3.63, 3.8) is 0 Å². The Hall–Kier alpha value is -2.96. The molecule has 2 heterocycles. The molecule has 0 saturated carbocycles. The first kappa shape index (κ1) is 18.8. The predicted molar refractivity (Wildman–Crippen MR) is 103 cm³/mol. The monoisotopic (exact) mass is 368 g/mol. The summed E-state index contributed by atoms with van der Waals surface area (Å²) in [5.41, 5.74) is 0.389. The van der Waals surface area contributed by atoms with E-state index in [1.54, 1.807) is 19.2 Å². The number of oxazole rings is 1. The lowest BCUT2D eigenvalue weighted by atomic mass is 10.1. The van der Waals surface area contributed by atoms with Gasteiger partial charge in [-0.2, -0.15) is 5.10 Å². The summed E-state index contributed by atoms with van der Waals surface area (Å²) >= 11 is 0. The molecule has 0 aliphatic heterocycles. The minimum atomic E-state index is -0.337. The van der Waals surface area contributed by atoms with Crippen molar-refractivity contribution in [1.82, 2.24) is 20.1 Å². The first-order chi connectivity index (χ1) is 12.8. The fourth-order valence-corrected chi connectivity index (χ4v) is 2.95. The van der Waals surface area contributed by atoms with E-state index in [0.717, 1.165) is 5.39 Å². The summed E-state index contributed by atoms with van der Waals surface area (Å²) in [5.74, 6) is 0.837. The Kier molecular flexibility index (Phi) is 5.39. The molecular formula is C20H24N4O3. The summed E-state index contributed by atoms with van der Waals surface area (Å²) in [7, 11) is 0. The Labute approximate surface area is 157 Å². The zero-order valence-electron chi connectivity index (χ0n) is 16.0. The van der Waals surface area contributed by atoms with Crippen molar-refractivity contribution < 1.29 is 9.21 Å². The van der Waals surface area contributed by atoms with Gasteiger partial charge < -0.3 is 9.73 Å². The molecule has 0 fully saturated rings. The fourth-order valence-electron chi connectivity index (χ4n) is 2.95. The maximum Gasteiger partial charge on any atom is 0.289 e. The molecule has 0 aliphatic rings. The lowest BCUT2D eigenvalue weighted by Gasteiger charge is -2.14. The van der Waals surface area contributed by atoms with Crippen LogP contribution in [-0.2, 0) is 13.0 Å². The van der Waals surface area contributed by atoms with E-state index in [0.29, 0.717) is 29.3 Å². The van der Waals surface area contributed by atoms with E-state index in [1.165, 1.54) is 4.68 Å². The Balaban J connectivity index is 1.72. The summed E-state index contributed by atoms with van der Waals surface area (Å²) in [4.78, 5) is 29.4. The van der Waals surface area contributed by atoms with Gasteiger partial charge in [-0.05, 0) is 25.8 Å². The predicted octanol–water partition coefficient (Wildman–Crippen LogP) is 2.71. The summed E-state index contributed by atoms with van der Waals surface area (Å²) in [6.45, 7) is 7.97. The van der Waals surface area contributed by atoms with Gasteiger partial charge in [0.05, 0.1) is 23.8 Å². The van der Waals surface area contributed by atoms with Crippen molar-refractivity contribution in [3.05, 3.63) is 58.2 Å². The molecule has 1 N–H and O–H groups in total. The van der Waals surface area contributed by atoms with Crippen LogP contribution in [0.5, 0.6) is 0 Å². The van der Waals surface area contributed by atoms with Gasteiger partial charge in [0.15, 0.2) is 5.89 Å². The van der Waals surface area contributed by atoms with E-state index < -0.39 is 0 Å². The van der Waals surface area contributed by atoms with Crippen LogP contribution in [0.25, 0.3) is 10.8 Å². The second kappa shape index (κ2) is 7.73. The number of amides is 1. The SMILES string of the molecule is Cc1nc(CC(C)C)oc1C(=O)N[C@@H](C)Cn1ncc2ccccc2c1=O. The number of rotatable bonds is 6. The number of aryl methyl sites for hydroxylation is 1. The first-order valence-electron chi connectivity index (χ1n) is 9.07. The number of nitrogens with zero attached hydrogens (tertiary/aromatic N) is 3. The van der Waals surface area contributed by atoms with Crippen LogP contribution in [0.15, 0.2) is 39.7 Å². The molecule has 27 heavy (non-hydrogen) atoms. The standard InChI is InChI=1S/C20H24N4O3/c1-12(2)9-17-23-14(4)18(27-17)19(25)22-13(3)11-24-20(26)16-8-6-5-7-15(16)10-21-24/h5-8,10,12-13H,9,11H2,1-4H3,(H,22,25)/t13-/m0/s1. The van der Waals surface area contributed by atoms with Crippen LogP contribution >= 0.6 is 0 Å². The average molecular weight is 368 g/mol. The van der Waals surface area contributed by atoms with Crippen LogP contribution < -0.4 is 10.9 Å². The Bertz CT molecular complexity index is 1020. The molecule has 2 aromatic heterocycles. The van der Waals surface area contributed by atoms with Gasteiger partial charge in [-0.25, -0.2) is 9.67 Å². The number of hydrogen-bond donors (Lipinski definition) is 1. The van der Waals surface area contributed by atoms with Crippen LogP contribution in [0.1, 0.15) is 42.9 Å². The minimum absolute atomic E-state index is 0.177. The molecule has 142 valence electrons. The maximum absolute atomic E-state index is 12.5. The highest BCUT2D eigenvalue weighted by Crippen LogP contribution is 2.14. The molecule has 3 aromatic rings. The molecule has 1 atom stereocenters. The third kappa shape index (κ3) is 4.24. The number of nitrogens with one attached hydrogen (secondary N) is 1. The normalized spacial score (nSPS) is 12.5. The van der Waals surface area contributed by atoms with Crippen molar-refractivity contribution in [3.8, 4) is 0 Å². The number of aromatic nitrogens is 3. The summed E-state index contributed by atoms with van der Waals surface area (Å²) in [6, 6.07) is 7.00. The first-order valence-corrected chi connectivity index (χ1v) is 9.07. The summed E-state index contributed by atoms with van der Waals surface area (Å²) in [5, 5.41) is 8.46. The Morgan fingerprint density at radius 1 is 1.26 bits per heavy atom. The number of carbonyl (C=O) groups is 1. The molecule has 0 aliphatic carbocycles. The molecule has 0 unspecified atom stereocenters. The van der Waals surface area contributed by atoms with Crippen LogP contribution in [0.4, 0.5) is 0 Å². The molecule has 7 nitrogen and oxygen atoms in total. The Morgan fingerprint density at radius 3 is 2.74 bits per heavy atom. The lowest BCUT2D eigenvalue weighted by molar-refractivity contribution is 0.0904. The molecule has 1 amide bonds. The van der Waals surface area contributed by atoms with Gasteiger partial charge in [-0.1, -0.05) is 32.0 Å². The maximum atomic E-state index is 12.5. The highest BCUT2D eigenvalue weighted by Gasteiger charge is 2.20. The highest BCUT2D eigenvalue weighted by molar-refractivity contribution is 5.92. The van der Waals surface area contributed by atoms with E-state index in [4.69, 9.17) is 4.42 Å². The van der Waals surface area contributed by atoms with Gasteiger partial charge in [-0.15, -0.1) is 0 Å². The zero-order valence-corrected chi connectivity index (χ0v) is 16.0. The van der Waals surface area contributed by atoms with Crippen molar-refractivity contribution in [2.45, 2.75) is 46.7 Å². The van der Waals surface area contributed by atoms with Crippen LogP contribution in [-0.4, -0.2) is 26.7 Å². The second-order valence-electron chi connectivity index (χ2n) is 7.21. The quantitative estimate of drug-likeness (QED) is 0.722. The molecule has 0 bridgehead atoms. The number of hydrogen-bond acceptors (Lipinski definition) is 5. The molecule has 1 aromatic carbocycles. The summed E-state index contributed by atoms with van der Waals surface area (Å²) in [6.07, 6.45) is 2.34. The zero-order chi connectivity index (χ0) is 19.6. The molecule has 3 rings (SSSR count). The summed E-state index contributed by atoms with van der Waals surface area (Å²) < 4.78 is 6.98. The Morgan fingerprint density at radius 2 is 2.00 bits per heavy atom. The van der Waals surface area contributed by atoms with Gasteiger partial charge in [0.25, 0.3) is 11.5 Å². The molecular weight excluding hydrogens is 344 g/mol. The smallest absolute Gasteiger partial charge is 0.289 e. The van der Waals surface area contributed by atoms with E-state index >= 15 is 0 Å². The fraction of sp³-hybridized carbons (Fsp3) is 0.400. The van der Waals surface area contributed by atoms with E-state index in [-0.39, 0.29) is 29.8 Å². The van der Waals surface area contributed by atoms with E-state index in [2.05, 4.69) is 29.2 Å². The molecule has 7 heteroatoms. The van der Waals surface area contributed by atoms with Crippen LogP contribution in [0.3, 0.4) is 0 Å². The second-order valence-corrected chi connectivity index (χ2v) is 7.21. The van der Waals surface area contributed by atoms with Gasteiger partial charge in [0, 0.05) is 17.8 Å². The number of fused-ring (bicyclic) bond motifs is 1. The average Bonchev–Trinajstić information content (AvgIpc) is 2.97. The minimum Gasteiger partial charge on any atom is -0.435 e. The number of carbonyl (C=O) groups excluding carboxylic acids is 1. The van der Waals surface area contributed by atoms with Gasteiger partial charge in [0.2, 0.25) is 5.76 Å². The molecule has 0 radical (unpaired) electrons. The van der Waals surface area contributed by atoms with Crippen molar-refractivity contribution in [2.75, 3.05) is 0 Å². The van der Waals surface area contributed by atoms with Crippen LogP contribution in [0.2, 0.25) is 0 Å². The van der Waals surface area contributed by atoms with Gasteiger partial charge in [0.1, 0.15) is 0 Å². The van der Waals surface area contributed by atoms with Crippen molar-refractivity contribution in [2.24, 2.45) is 5.92 Å². The van der Waals surface area contributed by atoms with Crippen molar-refractivity contribution >= 4 is 16.7 Å². The highest BCUT2D eigenvalue weighted by atomic mass is 16.4.